The Labute approximate surface area is 197 Å². The fourth-order valence-electron chi connectivity index (χ4n) is 3.98. The van der Waals surface area contributed by atoms with Crippen molar-refractivity contribution >= 4 is 5.97 Å². The van der Waals surface area contributed by atoms with Crippen LogP contribution in [0.2, 0.25) is 0 Å². The first-order valence-corrected chi connectivity index (χ1v) is 12.8. The zero-order valence-corrected chi connectivity index (χ0v) is 20.4. The maximum atomic E-state index is 11.7. The Morgan fingerprint density at radius 3 is 2.03 bits per heavy atom. The van der Waals surface area contributed by atoms with Gasteiger partial charge in [-0.05, 0) is 12.0 Å². The second kappa shape index (κ2) is 19.8. The van der Waals surface area contributed by atoms with Crippen LogP contribution in [0.5, 0.6) is 0 Å². The van der Waals surface area contributed by atoms with Crippen molar-refractivity contribution < 1.29 is 14.3 Å². The first kappa shape index (κ1) is 28.2. The van der Waals surface area contributed by atoms with Gasteiger partial charge in [0.05, 0.1) is 12.7 Å². The van der Waals surface area contributed by atoms with Gasteiger partial charge in [0.25, 0.3) is 0 Å². The third kappa shape index (κ3) is 15.0. The van der Waals surface area contributed by atoms with Crippen LogP contribution in [0, 0.1) is 0 Å². The van der Waals surface area contributed by atoms with Crippen molar-refractivity contribution in [2.75, 3.05) is 0 Å². The largest absolute Gasteiger partial charge is 0.459 e. The Morgan fingerprint density at radius 2 is 1.47 bits per heavy atom. The number of ether oxygens (including phenoxy) is 2. The highest BCUT2D eigenvalue weighted by molar-refractivity contribution is 5.81. The van der Waals surface area contributed by atoms with E-state index in [1.807, 2.05) is 18.2 Å². The summed E-state index contributed by atoms with van der Waals surface area (Å²) in [6.07, 6.45) is 19.8. The molecule has 0 spiro atoms. The Kier molecular flexibility index (Phi) is 17.4. The highest BCUT2D eigenvalue weighted by Crippen LogP contribution is 2.20. The van der Waals surface area contributed by atoms with Crippen LogP contribution in [-0.4, -0.2) is 18.2 Å². The molecule has 180 valence electrons. The first-order valence-electron chi connectivity index (χ1n) is 12.8. The van der Waals surface area contributed by atoms with Crippen molar-refractivity contribution in [2.24, 2.45) is 0 Å². The summed E-state index contributed by atoms with van der Waals surface area (Å²) in [4.78, 5) is 11.7. The molecular formula is C29H46O3. The molecule has 0 amide bonds. The molecule has 0 unspecified atom stereocenters. The van der Waals surface area contributed by atoms with Crippen LogP contribution in [0.1, 0.15) is 102 Å². The normalized spacial score (nSPS) is 12.8. The third-order valence-electron chi connectivity index (χ3n) is 5.86. The molecule has 1 aromatic carbocycles. The second-order valence-electron chi connectivity index (χ2n) is 8.77. The number of benzene rings is 1. The van der Waals surface area contributed by atoms with E-state index in [0.29, 0.717) is 19.4 Å². The lowest BCUT2D eigenvalue weighted by Crippen LogP contribution is -2.25. The zero-order chi connectivity index (χ0) is 23.3. The summed E-state index contributed by atoms with van der Waals surface area (Å²) in [6, 6.07) is 10.2. The summed E-state index contributed by atoms with van der Waals surface area (Å²) in [6.45, 7) is 10.2. The van der Waals surface area contributed by atoms with Crippen LogP contribution in [-0.2, 0) is 20.9 Å². The van der Waals surface area contributed by atoms with E-state index in [1.165, 1.54) is 75.8 Å². The van der Waals surface area contributed by atoms with Crippen molar-refractivity contribution in [3.05, 3.63) is 61.2 Å². The van der Waals surface area contributed by atoms with Gasteiger partial charge in [-0.15, -0.1) is 6.58 Å². The van der Waals surface area contributed by atoms with Crippen LogP contribution in [0.4, 0.5) is 0 Å². The van der Waals surface area contributed by atoms with E-state index in [-0.39, 0.29) is 18.2 Å². The predicted molar refractivity (Wildman–Crippen MR) is 136 cm³/mol. The van der Waals surface area contributed by atoms with Gasteiger partial charge in [-0.1, -0.05) is 121 Å². The van der Waals surface area contributed by atoms with E-state index in [2.05, 4.69) is 32.2 Å². The lowest BCUT2D eigenvalue weighted by molar-refractivity contribution is -0.144. The number of unbranched alkanes of at least 4 members (excludes halogenated alkanes) is 10. The van der Waals surface area contributed by atoms with Gasteiger partial charge < -0.3 is 9.47 Å². The molecule has 2 atom stereocenters. The molecule has 0 N–H and O–H groups in total. The van der Waals surface area contributed by atoms with Crippen molar-refractivity contribution in [1.82, 2.24) is 0 Å². The topological polar surface area (TPSA) is 35.5 Å². The fourth-order valence-corrected chi connectivity index (χ4v) is 3.98. The molecule has 0 aromatic heterocycles. The smallest absolute Gasteiger partial charge is 0.330 e. The summed E-state index contributed by atoms with van der Waals surface area (Å²) in [7, 11) is 0. The molecule has 3 nitrogen and oxygen atoms in total. The van der Waals surface area contributed by atoms with E-state index in [0.717, 1.165) is 12.8 Å². The Bertz CT molecular complexity index is 596. The molecular weight excluding hydrogens is 396 g/mol. The predicted octanol–water partition coefficient (Wildman–Crippen LogP) is 8.34. The first-order chi connectivity index (χ1) is 15.7. The van der Waals surface area contributed by atoms with E-state index >= 15 is 0 Å². The molecule has 0 aliphatic rings. The Balaban J connectivity index is 2.37. The van der Waals surface area contributed by atoms with Gasteiger partial charge in [-0.25, -0.2) is 4.79 Å². The highest BCUT2D eigenvalue weighted by atomic mass is 16.5. The summed E-state index contributed by atoms with van der Waals surface area (Å²) in [5, 5.41) is 0. The average Bonchev–Trinajstić information content (AvgIpc) is 2.81. The molecule has 0 radical (unpaired) electrons. The maximum absolute atomic E-state index is 11.7. The van der Waals surface area contributed by atoms with Crippen molar-refractivity contribution in [1.29, 1.82) is 0 Å². The SMILES string of the molecule is C=CC[C@H](C[C@@H](CCCCCCCCCCCCC)OCc1ccccc1)OC(=O)C=C. The van der Waals surface area contributed by atoms with Gasteiger partial charge in [-0.3, -0.25) is 0 Å². The van der Waals surface area contributed by atoms with Gasteiger partial charge in [0.2, 0.25) is 0 Å². The number of esters is 1. The highest BCUT2D eigenvalue weighted by Gasteiger charge is 2.19. The van der Waals surface area contributed by atoms with Crippen LogP contribution < -0.4 is 0 Å². The molecule has 0 fully saturated rings. The summed E-state index contributed by atoms with van der Waals surface area (Å²) in [5.74, 6) is -0.381. The number of carbonyl (C=O) groups excluding carboxylic acids is 1. The standard InChI is InChI=1S/C29H46O3/c1-4-7-8-9-10-11-12-13-14-15-19-23-27(31-25-26-21-17-16-18-22-26)24-28(20-5-2)32-29(30)6-3/h5-6,16-18,21-22,27-28H,2-4,7-15,19-20,23-25H2,1H3/t27-,28-/m1/s1. The summed E-state index contributed by atoms with van der Waals surface area (Å²) in [5.41, 5.74) is 1.17. The lowest BCUT2D eigenvalue weighted by atomic mass is 10.0. The monoisotopic (exact) mass is 442 g/mol. The summed E-state index contributed by atoms with van der Waals surface area (Å²) < 4.78 is 11.8. The van der Waals surface area contributed by atoms with Gasteiger partial charge in [0.15, 0.2) is 0 Å². The third-order valence-corrected chi connectivity index (χ3v) is 5.86. The minimum Gasteiger partial charge on any atom is -0.459 e. The van der Waals surface area contributed by atoms with Crippen LogP contribution in [0.25, 0.3) is 0 Å². The number of hydrogen-bond acceptors (Lipinski definition) is 3. The van der Waals surface area contributed by atoms with E-state index in [9.17, 15) is 4.79 Å². The zero-order valence-electron chi connectivity index (χ0n) is 20.4. The molecule has 1 rings (SSSR count). The van der Waals surface area contributed by atoms with Crippen molar-refractivity contribution in [3.63, 3.8) is 0 Å². The molecule has 0 heterocycles. The summed E-state index contributed by atoms with van der Waals surface area (Å²) >= 11 is 0. The molecule has 0 bridgehead atoms. The van der Waals surface area contributed by atoms with E-state index in [1.54, 1.807) is 6.08 Å². The quantitative estimate of drug-likeness (QED) is 0.0830. The molecule has 32 heavy (non-hydrogen) atoms. The lowest BCUT2D eigenvalue weighted by Gasteiger charge is -2.23. The van der Waals surface area contributed by atoms with Crippen molar-refractivity contribution in [2.45, 2.75) is 116 Å². The number of hydrogen-bond donors (Lipinski definition) is 0. The molecule has 0 saturated heterocycles. The minimum absolute atomic E-state index is 0.0661. The fraction of sp³-hybridized carbons (Fsp3) is 0.621. The van der Waals surface area contributed by atoms with Gasteiger partial charge in [0, 0.05) is 18.9 Å². The van der Waals surface area contributed by atoms with E-state index < -0.39 is 0 Å². The Morgan fingerprint density at radius 1 is 0.875 bits per heavy atom. The molecule has 3 heteroatoms. The van der Waals surface area contributed by atoms with Gasteiger partial charge >= 0.3 is 5.97 Å². The van der Waals surface area contributed by atoms with Crippen LogP contribution >= 0.6 is 0 Å². The molecule has 0 aliphatic carbocycles. The average molecular weight is 443 g/mol. The Hall–Kier alpha value is -1.87. The molecule has 0 aliphatic heterocycles. The van der Waals surface area contributed by atoms with Gasteiger partial charge in [-0.2, -0.15) is 0 Å². The second-order valence-corrected chi connectivity index (χ2v) is 8.77. The number of carbonyl (C=O) groups is 1. The van der Waals surface area contributed by atoms with Crippen LogP contribution in [0.3, 0.4) is 0 Å². The van der Waals surface area contributed by atoms with Crippen LogP contribution in [0.15, 0.2) is 55.6 Å². The van der Waals surface area contributed by atoms with Crippen molar-refractivity contribution in [3.8, 4) is 0 Å². The van der Waals surface area contributed by atoms with E-state index in [4.69, 9.17) is 9.47 Å². The molecule has 1 aromatic rings. The van der Waals surface area contributed by atoms with Gasteiger partial charge in [0.1, 0.15) is 6.10 Å². The number of rotatable bonds is 21. The molecule has 0 saturated carbocycles. The maximum Gasteiger partial charge on any atom is 0.330 e. The minimum atomic E-state index is -0.381.